The molecule has 0 fully saturated rings. The molecule has 0 amide bonds. The topological polar surface area (TPSA) is 99.2 Å². The Morgan fingerprint density at radius 2 is 2.31 bits per heavy atom. The predicted molar refractivity (Wildman–Crippen MR) is 60.3 cm³/mol. The Morgan fingerprint density at radius 3 is 2.81 bits per heavy atom. The first-order valence-corrected chi connectivity index (χ1v) is 5.01. The minimum Gasteiger partial charge on any atom is -0.480 e. The summed E-state index contributed by atoms with van der Waals surface area (Å²) in [5.74, 6) is -2.21. The number of allylic oxidation sites excluding steroid dienone is 1. The van der Waals surface area contributed by atoms with Crippen LogP contribution in [0.15, 0.2) is 11.9 Å². The van der Waals surface area contributed by atoms with Gasteiger partial charge >= 0.3 is 5.97 Å². The van der Waals surface area contributed by atoms with Crippen molar-refractivity contribution >= 4 is 12.2 Å². The number of unbranched alkanes of at least 4 members (excludes halogenated alkanes) is 1. The molecule has 0 saturated carbocycles. The van der Waals surface area contributed by atoms with E-state index < -0.39 is 17.3 Å². The maximum Gasteiger partial charge on any atom is 0.330 e. The van der Waals surface area contributed by atoms with Gasteiger partial charge in [-0.1, -0.05) is 6.08 Å². The van der Waals surface area contributed by atoms with Crippen molar-refractivity contribution in [3.05, 3.63) is 11.9 Å². The van der Waals surface area contributed by atoms with Crippen LogP contribution in [0.4, 0.5) is 4.39 Å². The zero-order valence-electron chi connectivity index (χ0n) is 9.29. The Bertz CT molecular complexity index is 277. The van der Waals surface area contributed by atoms with Gasteiger partial charge in [-0.2, -0.15) is 0 Å². The van der Waals surface area contributed by atoms with Crippen LogP contribution < -0.4 is 11.1 Å². The smallest absolute Gasteiger partial charge is 0.330 e. The number of hydrogen-bond acceptors (Lipinski definition) is 4. The molecular weight excluding hydrogens is 213 g/mol. The van der Waals surface area contributed by atoms with E-state index in [1.807, 2.05) is 0 Å². The lowest BCUT2D eigenvalue weighted by molar-refractivity contribution is -0.141. The average molecular weight is 231 g/mol. The van der Waals surface area contributed by atoms with Crippen LogP contribution in [0.25, 0.3) is 0 Å². The molecular formula is C10H18FN3O2. The molecule has 5 nitrogen and oxygen atoms in total. The Hall–Kier alpha value is -1.27. The number of carbonyl (C=O) groups is 1. The molecule has 0 radical (unpaired) electrons. The standard InChI is InChI=1S/C10H18FN3O2/c1-10(13,9(15)16)8(11)4-2-3-6-14-7-5-12/h4-5,12,14H,2-3,6-7,13H2,1H3,(H,15,16)/b8-4+,12-5?. The van der Waals surface area contributed by atoms with E-state index in [1.165, 1.54) is 12.3 Å². The van der Waals surface area contributed by atoms with Gasteiger partial charge in [-0.25, -0.2) is 9.18 Å². The monoisotopic (exact) mass is 231 g/mol. The molecule has 6 heteroatoms. The first kappa shape index (κ1) is 14.7. The van der Waals surface area contributed by atoms with E-state index in [-0.39, 0.29) is 0 Å². The second-order valence-electron chi connectivity index (χ2n) is 3.61. The summed E-state index contributed by atoms with van der Waals surface area (Å²) in [5.41, 5.74) is 3.34. The molecule has 1 atom stereocenters. The molecule has 92 valence electrons. The number of aliphatic carboxylic acids is 1. The molecule has 0 spiro atoms. The first-order valence-electron chi connectivity index (χ1n) is 5.01. The molecule has 0 saturated heterocycles. The molecule has 0 aromatic rings. The Morgan fingerprint density at radius 1 is 1.69 bits per heavy atom. The molecule has 0 aliphatic heterocycles. The summed E-state index contributed by atoms with van der Waals surface area (Å²) in [6, 6.07) is 0. The summed E-state index contributed by atoms with van der Waals surface area (Å²) in [4.78, 5) is 10.6. The molecule has 0 aromatic heterocycles. The van der Waals surface area contributed by atoms with Crippen LogP contribution in [0.3, 0.4) is 0 Å². The molecule has 0 aromatic carbocycles. The zero-order valence-corrected chi connectivity index (χ0v) is 9.29. The normalized spacial score (nSPS) is 15.6. The summed E-state index contributed by atoms with van der Waals surface area (Å²) in [7, 11) is 0. The van der Waals surface area contributed by atoms with E-state index in [1.54, 1.807) is 0 Å². The van der Waals surface area contributed by atoms with Crippen LogP contribution in [-0.4, -0.2) is 35.9 Å². The number of halogens is 1. The van der Waals surface area contributed by atoms with Gasteiger partial charge in [0.15, 0.2) is 5.54 Å². The lowest BCUT2D eigenvalue weighted by Crippen LogP contribution is -2.45. The lowest BCUT2D eigenvalue weighted by atomic mass is 10.0. The highest BCUT2D eigenvalue weighted by Crippen LogP contribution is 2.16. The van der Waals surface area contributed by atoms with E-state index in [9.17, 15) is 9.18 Å². The van der Waals surface area contributed by atoms with Crippen LogP contribution in [0.5, 0.6) is 0 Å². The molecule has 0 rings (SSSR count). The van der Waals surface area contributed by atoms with Crippen molar-refractivity contribution in [3.8, 4) is 0 Å². The predicted octanol–water partition coefficient (Wildman–Crippen LogP) is 0.661. The molecule has 0 heterocycles. The van der Waals surface area contributed by atoms with Crippen LogP contribution in [0.2, 0.25) is 0 Å². The summed E-state index contributed by atoms with van der Waals surface area (Å²) < 4.78 is 13.3. The van der Waals surface area contributed by atoms with Crippen molar-refractivity contribution in [2.75, 3.05) is 13.1 Å². The van der Waals surface area contributed by atoms with Gasteiger partial charge in [0.1, 0.15) is 5.83 Å². The maximum absolute atomic E-state index is 13.3. The van der Waals surface area contributed by atoms with Gasteiger partial charge in [0, 0.05) is 12.8 Å². The van der Waals surface area contributed by atoms with Gasteiger partial charge < -0.3 is 21.6 Å². The Balaban J connectivity index is 3.96. The number of carboxylic acid groups (broad SMARTS) is 1. The zero-order chi connectivity index (χ0) is 12.6. The van der Waals surface area contributed by atoms with Gasteiger partial charge in [-0.15, -0.1) is 0 Å². The minimum absolute atomic E-state index is 0.414. The second kappa shape index (κ2) is 7.08. The van der Waals surface area contributed by atoms with Crippen LogP contribution in [0.1, 0.15) is 19.8 Å². The molecule has 0 bridgehead atoms. The van der Waals surface area contributed by atoms with E-state index in [0.29, 0.717) is 25.9 Å². The summed E-state index contributed by atoms with van der Waals surface area (Å²) in [6.45, 7) is 2.25. The second-order valence-corrected chi connectivity index (χ2v) is 3.61. The van der Waals surface area contributed by atoms with Crippen LogP contribution in [0, 0.1) is 5.41 Å². The fraction of sp³-hybridized carbons (Fsp3) is 0.600. The number of hydrogen-bond donors (Lipinski definition) is 4. The van der Waals surface area contributed by atoms with E-state index >= 15 is 0 Å². The van der Waals surface area contributed by atoms with Crippen molar-refractivity contribution in [1.29, 1.82) is 5.41 Å². The SMILES string of the molecule is CC(N)(C(=O)O)/C(F)=C\CCCNCC=N. The Labute approximate surface area is 94.0 Å². The van der Waals surface area contributed by atoms with E-state index in [2.05, 4.69) is 5.32 Å². The van der Waals surface area contributed by atoms with Crippen molar-refractivity contribution in [2.24, 2.45) is 5.73 Å². The number of rotatable bonds is 8. The van der Waals surface area contributed by atoms with Gasteiger partial charge in [0.25, 0.3) is 0 Å². The number of carboxylic acids is 1. The summed E-state index contributed by atoms with van der Waals surface area (Å²) in [6.07, 6.45) is 3.51. The van der Waals surface area contributed by atoms with Gasteiger partial charge in [0.2, 0.25) is 0 Å². The highest BCUT2D eigenvalue weighted by atomic mass is 19.1. The van der Waals surface area contributed by atoms with E-state index in [4.69, 9.17) is 16.2 Å². The quantitative estimate of drug-likeness (QED) is 0.364. The molecule has 1 unspecified atom stereocenters. The molecule has 16 heavy (non-hydrogen) atoms. The fourth-order valence-electron chi connectivity index (χ4n) is 0.944. The highest BCUT2D eigenvalue weighted by Gasteiger charge is 2.33. The van der Waals surface area contributed by atoms with Crippen molar-refractivity contribution in [3.63, 3.8) is 0 Å². The van der Waals surface area contributed by atoms with E-state index in [0.717, 1.165) is 6.92 Å². The van der Waals surface area contributed by atoms with Gasteiger partial charge in [-0.3, -0.25) is 0 Å². The minimum atomic E-state index is -1.94. The largest absolute Gasteiger partial charge is 0.480 e. The fourth-order valence-corrected chi connectivity index (χ4v) is 0.944. The van der Waals surface area contributed by atoms with Crippen molar-refractivity contribution < 1.29 is 14.3 Å². The Kier molecular flexibility index (Phi) is 6.52. The van der Waals surface area contributed by atoms with Gasteiger partial charge in [-0.05, 0) is 26.3 Å². The molecule has 5 N–H and O–H groups in total. The lowest BCUT2D eigenvalue weighted by Gasteiger charge is -2.16. The third-order valence-electron chi connectivity index (χ3n) is 2.07. The molecule has 0 aliphatic carbocycles. The summed E-state index contributed by atoms with van der Waals surface area (Å²) >= 11 is 0. The third kappa shape index (κ3) is 4.99. The number of nitrogens with one attached hydrogen (secondary N) is 2. The third-order valence-corrected chi connectivity index (χ3v) is 2.07. The number of nitrogens with two attached hydrogens (primary N) is 1. The summed E-state index contributed by atoms with van der Waals surface area (Å²) in [5, 5.41) is 18.3. The highest BCUT2D eigenvalue weighted by molar-refractivity contribution is 5.81. The van der Waals surface area contributed by atoms with Crippen molar-refractivity contribution in [2.45, 2.75) is 25.3 Å². The van der Waals surface area contributed by atoms with Gasteiger partial charge in [0.05, 0.1) is 0 Å². The van der Waals surface area contributed by atoms with Crippen LogP contribution >= 0.6 is 0 Å². The first-order chi connectivity index (χ1) is 7.42. The molecule has 0 aliphatic rings. The maximum atomic E-state index is 13.3. The average Bonchev–Trinajstić information content (AvgIpc) is 2.22. The van der Waals surface area contributed by atoms with Crippen molar-refractivity contribution in [1.82, 2.24) is 5.32 Å². The van der Waals surface area contributed by atoms with Crippen LogP contribution in [-0.2, 0) is 4.79 Å².